The Balaban J connectivity index is 1.85. The molecule has 0 spiro atoms. The third-order valence-electron chi connectivity index (χ3n) is 5.64. The molecular formula is C23H29N3O6. The Bertz CT molecular complexity index is 971. The molecular weight excluding hydrogens is 414 g/mol. The van der Waals surface area contributed by atoms with Crippen molar-refractivity contribution in [3.8, 4) is 17.2 Å². The van der Waals surface area contributed by atoms with Crippen LogP contribution in [0.4, 0.5) is 11.4 Å². The SMILES string of the molecule is COc1cc(C(=O)N(C)Cc2ccc(N3CCCCC3)cc2)c([N+](=O)[O-])c(OC)c1OC. The summed E-state index contributed by atoms with van der Waals surface area (Å²) in [4.78, 5) is 28.1. The fourth-order valence-corrected chi connectivity index (χ4v) is 4.00. The molecule has 0 unspecified atom stereocenters. The van der Waals surface area contributed by atoms with Crippen molar-refractivity contribution in [2.24, 2.45) is 0 Å². The fraction of sp³-hybridized carbons (Fsp3) is 0.435. The van der Waals surface area contributed by atoms with Crippen molar-refractivity contribution >= 4 is 17.3 Å². The number of amides is 1. The molecule has 1 aliphatic rings. The first-order chi connectivity index (χ1) is 15.4. The molecule has 1 heterocycles. The van der Waals surface area contributed by atoms with Gasteiger partial charge in [-0.05, 0) is 37.0 Å². The number of carbonyl (C=O) groups excluding carboxylic acids is 1. The minimum Gasteiger partial charge on any atom is -0.493 e. The molecule has 2 aromatic carbocycles. The van der Waals surface area contributed by atoms with E-state index in [1.54, 1.807) is 7.05 Å². The Kier molecular flexibility index (Phi) is 7.40. The van der Waals surface area contributed by atoms with Gasteiger partial charge in [0.2, 0.25) is 11.5 Å². The Hall–Kier alpha value is -3.49. The van der Waals surface area contributed by atoms with Crippen LogP contribution in [0.1, 0.15) is 35.2 Å². The summed E-state index contributed by atoms with van der Waals surface area (Å²) >= 11 is 0. The topological polar surface area (TPSA) is 94.4 Å². The van der Waals surface area contributed by atoms with Crippen LogP contribution in [0.3, 0.4) is 0 Å². The quantitative estimate of drug-likeness (QED) is 0.451. The minimum atomic E-state index is -0.644. The van der Waals surface area contributed by atoms with Gasteiger partial charge in [-0.2, -0.15) is 0 Å². The molecule has 1 amide bonds. The van der Waals surface area contributed by atoms with Crippen LogP contribution in [0.25, 0.3) is 0 Å². The van der Waals surface area contributed by atoms with Gasteiger partial charge in [0, 0.05) is 38.4 Å². The molecule has 32 heavy (non-hydrogen) atoms. The van der Waals surface area contributed by atoms with Crippen LogP contribution in [0.5, 0.6) is 17.2 Å². The summed E-state index contributed by atoms with van der Waals surface area (Å²) in [5.74, 6) is -0.428. The lowest BCUT2D eigenvalue weighted by Crippen LogP contribution is -2.29. The van der Waals surface area contributed by atoms with Gasteiger partial charge in [-0.3, -0.25) is 14.9 Å². The highest BCUT2D eigenvalue weighted by Crippen LogP contribution is 2.46. The highest BCUT2D eigenvalue weighted by molar-refractivity contribution is 6.00. The monoisotopic (exact) mass is 443 g/mol. The number of ether oxygens (including phenoxy) is 3. The zero-order chi connectivity index (χ0) is 23.3. The van der Waals surface area contributed by atoms with Crippen molar-refractivity contribution in [1.82, 2.24) is 4.90 Å². The Morgan fingerprint density at radius 2 is 1.66 bits per heavy atom. The highest BCUT2D eigenvalue weighted by atomic mass is 16.6. The van der Waals surface area contributed by atoms with Crippen LogP contribution in [0.2, 0.25) is 0 Å². The van der Waals surface area contributed by atoms with Crippen molar-refractivity contribution in [2.75, 3.05) is 46.4 Å². The van der Waals surface area contributed by atoms with Gasteiger partial charge in [0.05, 0.1) is 26.3 Å². The van der Waals surface area contributed by atoms with E-state index in [1.807, 2.05) is 12.1 Å². The smallest absolute Gasteiger partial charge is 0.327 e. The normalized spacial score (nSPS) is 13.4. The van der Waals surface area contributed by atoms with Crippen LogP contribution >= 0.6 is 0 Å². The number of carbonyl (C=O) groups is 1. The summed E-state index contributed by atoms with van der Waals surface area (Å²) in [7, 11) is 5.64. The molecule has 1 aliphatic heterocycles. The first-order valence-electron chi connectivity index (χ1n) is 10.5. The zero-order valence-corrected chi connectivity index (χ0v) is 18.9. The third-order valence-corrected chi connectivity index (χ3v) is 5.64. The minimum absolute atomic E-state index is 0.0641. The number of methoxy groups -OCH3 is 3. The fourth-order valence-electron chi connectivity index (χ4n) is 4.00. The van der Waals surface area contributed by atoms with Crippen molar-refractivity contribution in [1.29, 1.82) is 0 Å². The summed E-state index contributed by atoms with van der Waals surface area (Å²) in [6.07, 6.45) is 3.67. The van der Waals surface area contributed by atoms with E-state index in [4.69, 9.17) is 14.2 Å². The first kappa shape index (κ1) is 23.2. The van der Waals surface area contributed by atoms with E-state index in [-0.39, 0.29) is 22.8 Å². The highest BCUT2D eigenvalue weighted by Gasteiger charge is 2.33. The number of hydrogen-bond donors (Lipinski definition) is 0. The van der Waals surface area contributed by atoms with Crippen molar-refractivity contribution in [2.45, 2.75) is 25.8 Å². The molecule has 0 radical (unpaired) electrons. The largest absolute Gasteiger partial charge is 0.493 e. The molecule has 0 aromatic heterocycles. The van der Waals surface area contributed by atoms with E-state index in [1.165, 1.54) is 57.2 Å². The lowest BCUT2D eigenvalue weighted by Gasteiger charge is -2.29. The molecule has 172 valence electrons. The number of nitrogens with zero attached hydrogens (tertiary/aromatic N) is 3. The molecule has 1 saturated heterocycles. The van der Waals surface area contributed by atoms with Crippen LogP contribution in [-0.2, 0) is 6.54 Å². The molecule has 0 aliphatic carbocycles. The Morgan fingerprint density at radius 3 is 2.19 bits per heavy atom. The van der Waals surface area contributed by atoms with E-state index >= 15 is 0 Å². The second-order valence-corrected chi connectivity index (χ2v) is 7.67. The first-order valence-corrected chi connectivity index (χ1v) is 10.5. The van der Waals surface area contributed by atoms with Gasteiger partial charge in [0.1, 0.15) is 5.56 Å². The van der Waals surface area contributed by atoms with Gasteiger partial charge in [0.15, 0.2) is 5.75 Å². The van der Waals surface area contributed by atoms with Crippen LogP contribution < -0.4 is 19.1 Å². The number of anilines is 1. The maximum absolute atomic E-state index is 13.2. The summed E-state index contributed by atoms with van der Waals surface area (Å²) in [6, 6.07) is 9.40. The van der Waals surface area contributed by atoms with E-state index in [9.17, 15) is 14.9 Å². The molecule has 0 atom stereocenters. The van der Waals surface area contributed by atoms with Crippen LogP contribution in [0.15, 0.2) is 30.3 Å². The van der Waals surface area contributed by atoms with E-state index < -0.39 is 16.5 Å². The van der Waals surface area contributed by atoms with E-state index in [2.05, 4.69) is 17.0 Å². The van der Waals surface area contributed by atoms with Gasteiger partial charge < -0.3 is 24.0 Å². The van der Waals surface area contributed by atoms with Crippen LogP contribution in [-0.4, -0.2) is 57.2 Å². The number of piperidine rings is 1. The molecule has 2 aromatic rings. The molecule has 9 heteroatoms. The number of hydrogen-bond acceptors (Lipinski definition) is 7. The third kappa shape index (κ3) is 4.71. The number of nitro benzene ring substituents is 1. The van der Waals surface area contributed by atoms with Gasteiger partial charge in [0.25, 0.3) is 5.91 Å². The number of nitro groups is 1. The van der Waals surface area contributed by atoms with Crippen molar-refractivity contribution in [3.63, 3.8) is 0 Å². The number of benzene rings is 2. The zero-order valence-electron chi connectivity index (χ0n) is 18.9. The maximum atomic E-state index is 13.2. The average Bonchev–Trinajstić information content (AvgIpc) is 2.82. The Labute approximate surface area is 187 Å². The van der Waals surface area contributed by atoms with Crippen molar-refractivity contribution < 1.29 is 23.9 Å². The van der Waals surface area contributed by atoms with Gasteiger partial charge in [-0.25, -0.2) is 0 Å². The van der Waals surface area contributed by atoms with Gasteiger partial charge in [-0.1, -0.05) is 12.1 Å². The lowest BCUT2D eigenvalue weighted by molar-refractivity contribution is -0.386. The van der Waals surface area contributed by atoms with Gasteiger partial charge in [-0.15, -0.1) is 0 Å². The molecule has 1 fully saturated rings. The van der Waals surface area contributed by atoms with E-state index in [0.29, 0.717) is 6.54 Å². The van der Waals surface area contributed by atoms with Gasteiger partial charge >= 0.3 is 5.69 Å². The molecule has 0 bridgehead atoms. The summed E-state index contributed by atoms with van der Waals surface area (Å²) in [6.45, 7) is 2.41. The maximum Gasteiger partial charge on any atom is 0.327 e. The summed E-state index contributed by atoms with van der Waals surface area (Å²) in [5, 5.41) is 11.8. The second kappa shape index (κ2) is 10.2. The van der Waals surface area contributed by atoms with Crippen molar-refractivity contribution in [3.05, 3.63) is 51.6 Å². The van der Waals surface area contributed by atoms with Crippen LogP contribution in [0, 0.1) is 10.1 Å². The summed E-state index contributed by atoms with van der Waals surface area (Å²) in [5.41, 5.74) is 1.51. The summed E-state index contributed by atoms with van der Waals surface area (Å²) < 4.78 is 15.7. The second-order valence-electron chi connectivity index (χ2n) is 7.67. The standard InChI is InChI=1S/C23H29N3O6/c1-24(15-16-8-10-17(11-9-16)25-12-6-5-7-13-25)23(27)18-14-19(30-2)21(31-3)22(32-4)20(18)26(28)29/h8-11,14H,5-7,12-13,15H2,1-4H3. The Morgan fingerprint density at radius 1 is 1.03 bits per heavy atom. The molecule has 9 nitrogen and oxygen atoms in total. The lowest BCUT2D eigenvalue weighted by atomic mass is 10.1. The molecule has 3 rings (SSSR count). The predicted octanol–water partition coefficient (Wildman–Crippen LogP) is 3.88. The molecule has 0 N–H and O–H groups in total. The van der Waals surface area contributed by atoms with E-state index in [0.717, 1.165) is 18.7 Å². The molecule has 0 saturated carbocycles. The average molecular weight is 444 g/mol. The predicted molar refractivity (Wildman–Crippen MR) is 121 cm³/mol. The number of rotatable bonds is 8.